The fraction of sp³-hybridized carbons (Fsp3) is 0.318. The molecule has 0 saturated carbocycles. The number of allylic oxidation sites excluding steroid dienone is 1. The molecule has 30 heavy (non-hydrogen) atoms. The third-order valence-electron chi connectivity index (χ3n) is 5.51. The van der Waals surface area contributed by atoms with Gasteiger partial charge in [-0.1, -0.05) is 23.4 Å². The van der Waals surface area contributed by atoms with Crippen LogP contribution in [-0.4, -0.2) is 38.9 Å². The van der Waals surface area contributed by atoms with E-state index in [2.05, 4.69) is 0 Å². The second-order valence-corrected chi connectivity index (χ2v) is 7.93. The van der Waals surface area contributed by atoms with Crippen LogP contribution in [0, 0.1) is 0 Å². The third-order valence-corrected chi connectivity index (χ3v) is 5.73. The molecule has 1 saturated heterocycles. The lowest BCUT2D eigenvalue weighted by molar-refractivity contribution is -0.921. The third kappa shape index (κ3) is 3.54. The van der Waals surface area contributed by atoms with E-state index in [-0.39, 0.29) is 24.1 Å². The molecule has 3 heterocycles. The molecule has 0 unspecified atom stereocenters. The number of carbonyl (C=O) groups excluding carboxylic acids is 1. The molecule has 1 N–H and O–H groups in total. The minimum absolute atomic E-state index is 0.123. The maximum atomic E-state index is 13.0. The van der Waals surface area contributed by atoms with E-state index in [4.69, 9.17) is 30.5 Å². The lowest BCUT2D eigenvalue weighted by Crippen LogP contribution is -3.12. The molecule has 3 aliphatic rings. The predicted molar refractivity (Wildman–Crippen MR) is 106 cm³/mol. The van der Waals surface area contributed by atoms with Crippen LogP contribution in [0.1, 0.15) is 27.0 Å². The lowest BCUT2D eigenvalue weighted by Gasteiger charge is -2.26. The van der Waals surface area contributed by atoms with Gasteiger partial charge in [0.05, 0.1) is 25.4 Å². The van der Waals surface area contributed by atoms with Gasteiger partial charge in [0, 0.05) is 21.7 Å². The van der Waals surface area contributed by atoms with E-state index in [0.29, 0.717) is 59.6 Å². The minimum atomic E-state index is -0.260. The molecule has 0 aliphatic carbocycles. The van der Waals surface area contributed by atoms with Crippen LogP contribution in [0.4, 0.5) is 0 Å². The summed E-state index contributed by atoms with van der Waals surface area (Å²) < 4.78 is 22.3. The number of hydrogen-bond donors (Lipinski definition) is 1. The van der Waals surface area contributed by atoms with Crippen molar-refractivity contribution in [3.63, 3.8) is 0 Å². The molecule has 2 aromatic carbocycles. The fourth-order valence-electron chi connectivity index (χ4n) is 4.00. The monoisotopic (exact) mass is 429 g/mol. The SMILES string of the molecule is O=C1/C(=C/c2cc(Cl)cc3c2OCOC3)Oc2c1ccc([O-])c2C[NH+]1CCOCC1. The molecule has 0 atom stereocenters. The lowest BCUT2D eigenvalue weighted by atomic mass is 10.0. The summed E-state index contributed by atoms with van der Waals surface area (Å²) in [7, 11) is 0. The summed E-state index contributed by atoms with van der Waals surface area (Å²) in [6, 6.07) is 6.48. The van der Waals surface area contributed by atoms with Gasteiger partial charge in [0.25, 0.3) is 0 Å². The standard InChI is InChI=1S/C22H20ClNO6/c23-15-7-13(21-14(8-15)11-28-12-29-21)9-19-20(26)16-1-2-18(25)17(22(16)30-19)10-24-3-5-27-6-4-24/h1-2,7-9,25H,3-6,10-12H2/b19-9-. The second-order valence-electron chi connectivity index (χ2n) is 7.49. The number of rotatable bonds is 3. The van der Waals surface area contributed by atoms with Crippen LogP contribution < -0.4 is 19.5 Å². The first-order chi connectivity index (χ1) is 14.6. The number of quaternary nitrogens is 1. The maximum Gasteiger partial charge on any atom is 0.231 e. The smallest absolute Gasteiger partial charge is 0.231 e. The highest BCUT2D eigenvalue weighted by atomic mass is 35.5. The quantitative estimate of drug-likeness (QED) is 0.741. The average molecular weight is 430 g/mol. The van der Waals surface area contributed by atoms with E-state index in [9.17, 15) is 9.90 Å². The Morgan fingerprint density at radius 3 is 2.80 bits per heavy atom. The van der Waals surface area contributed by atoms with Crippen molar-refractivity contribution in [1.29, 1.82) is 0 Å². The summed E-state index contributed by atoms with van der Waals surface area (Å²) in [4.78, 5) is 14.2. The first kappa shape index (κ1) is 19.4. The molecule has 5 rings (SSSR count). The molecule has 0 amide bonds. The normalized spacial score (nSPS) is 19.9. The highest BCUT2D eigenvalue weighted by Gasteiger charge is 2.32. The Morgan fingerprint density at radius 2 is 1.97 bits per heavy atom. The van der Waals surface area contributed by atoms with E-state index in [1.807, 2.05) is 0 Å². The number of nitrogens with one attached hydrogen (secondary N) is 1. The van der Waals surface area contributed by atoms with Crippen LogP contribution >= 0.6 is 11.6 Å². The van der Waals surface area contributed by atoms with Crippen LogP contribution in [0.5, 0.6) is 17.2 Å². The van der Waals surface area contributed by atoms with Crippen molar-refractivity contribution in [2.45, 2.75) is 13.2 Å². The molecule has 2 aromatic rings. The highest BCUT2D eigenvalue weighted by molar-refractivity contribution is 6.31. The zero-order chi connectivity index (χ0) is 20.7. The van der Waals surface area contributed by atoms with Crippen molar-refractivity contribution in [3.8, 4) is 17.2 Å². The van der Waals surface area contributed by atoms with Gasteiger partial charge >= 0.3 is 0 Å². The van der Waals surface area contributed by atoms with Crippen LogP contribution in [-0.2, 0) is 22.6 Å². The van der Waals surface area contributed by atoms with Crippen molar-refractivity contribution in [2.24, 2.45) is 0 Å². The molecular formula is C22H20ClNO6. The summed E-state index contributed by atoms with van der Waals surface area (Å²) in [6.45, 7) is 3.96. The maximum absolute atomic E-state index is 13.0. The largest absolute Gasteiger partial charge is 0.872 e. The topological polar surface area (TPSA) is 81.5 Å². The molecule has 0 aromatic heterocycles. The number of ether oxygens (including phenoxy) is 4. The molecule has 3 aliphatic heterocycles. The zero-order valence-electron chi connectivity index (χ0n) is 16.2. The van der Waals surface area contributed by atoms with Crippen molar-refractivity contribution in [2.75, 3.05) is 33.1 Å². The predicted octanol–water partition coefficient (Wildman–Crippen LogP) is 1.31. The van der Waals surface area contributed by atoms with E-state index in [1.165, 1.54) is 17.0 Å². The van der Waals surface area contributed by atoms with Crippen LogP contribution in [0.2, 0.25) is 5.02 Å². The fourth-order valence-corrected chi connectivity index (χ4v) is 4.25. The molecule has 156 valence electrons. The number of morpholine rings is 1. The average Bonchev–Trinajstić information content (AvgIpc) is 3.06. The van der Waals surface area contributed by atoms with Gasteiger partial charge in [-0.05, 0) is 24.3 Å². The molecule has 8 heteroatoms. The number of halogens is 1. The van der Waals surface area contributed by atoms with Crippen molar-refractivity contribution >= 4 is 23.5 Å². The molecule has 1 fully saturated rings. The number of benzene rings is 2. The Bertz CT molecular complexity index is 1040. The van der Waals surface area contributed by atoms with E-state index in [0.717, 1.165) is 18.7 Å². The summed E-state index contributed by atoms with van der Waals surface area (Å²) in [5, 5.41) is 13.1. The van der Waals surface area contributed by atoms with E-state index >= 15 is 0 Å². The second kappa shape index (κ2) is 7.92. The van der Waals surface area contributed by atoms with Crippen LogP contribution in [0.15, 0.2) is 30.0 Å². The van der Waals surface area contributed by atoms with Crippen molar-refractivity contribution < 1.29 is 33.7 Å². The van der Waals surface area contributed by atoms with Crippen molar-refractivity contribution in [1.82, 2.24) is 0 Å². The van der Waals surface area contributed by atoms with Crippen LogP contribution in [0.3, 0.4) is 0 Å². The molecule has 0 spiro atoms. The first-order valence-corrected chi connectivity index (χ1v) is 10.2. The minimum Gasteiger partial charge on any atom is -0.872 e. The summed E-state index contributed by atoms with van der Waals surface area (Å²) in [6.07, 6.45) is 1.62. The Labute approximate surface area is 178 Å². The zero-order valence-corrected chi connectivity index (χ0v) is 16.9. The van der Waals surface area contributed by atoms with Gasteiger partial charge in [-0.15, -0.1) is 0 Å². The van der Waals surface area contributed by atoms with Gasteiger partial charge < -0.3 is 29.0 Å². The first-order valence-electron chi connectivity index (χ1n) is 9.81. The van der Waals surface area contributed by atoms with E-state index in [1.54, 1.807) is 18.2 Å². The Morgan fingerprint density at radius 1 is 1.13 bits per heavy atom. The van der Waals surface area contributed by atoms with Gasteiger partial charge in [-0.2, -0.15) is 0 Å². The summed E-state index contributed by atoms with van der Waals surface area (Å²) in [5.41, 5.74) is 2.38. The number of Topliss-reactive ketones (excluding diaryl/α,β-unsaturated/α-hetero) is 1. The molecule has 7 nitrogen and oxygen atoms in total. The van der Waals surface area contributed by atoms with Crippen molar-refractivity contribution in [3.05, 3.63) is 57.3 Å². The van der Waals surface area contributed by atoms with Gasteiger partial charge in [-0.3, -0.25) is 4.79 Å². The van der Waals surface area contributed by atoms with Crippen LogP contribution in [0.25, 0.3) is 6.08 Å². The molecule has 0 bridgehead atoms. The highest BCUT2D eigenvalue weighted by Crippen LogP contribution is 2.40. The number of fused-ring (bicyclic) bond motifs is 2. The Kier molecular flexibility index (Phi) is 5.12. The number of hydrogen-bond acceptors (Lipinski definition) is 6. The van der Waals surface area contributed by atoms with E-state index < -0.39 is 0 Å². The molecule has 0 radical (unpaired) electrons. The number of ketones is 1. The summed E-state index contributed by atoms with van der Waals surface area (Å²) in [5.74, 6) is 0.741. The Balaban J connectivity index is 1.50. The number of carbonyl (C=O) groups is 1. The van der Waals surface area contributed by atoms with Gasteiger partial charge in [0.1, 0.15) is 31.1 Å². The summed E-state index contributed by atoms with van der Waals surface area (Å²) >= 11 is 6.23. The van der Waals surface area contributed by atoms with Gasteiger partial charge in [-0.25, -0.2) is 0 Å². The van der Waals surface area contributed by atoms with Gasteiger partial charge in [0.2, 0.25) is 5.78 Å². The Hall–Kier alpha value is -2.58. The molecular weight excluding hydrogens is 410 g/mol. The van der Waals surface area contributed by atoms with Gasteiger partial charge in [0.15, 0.2) is 12.6 Å².